The Hall–Kier alpha value is 0.0939. The number of nitrogens with one attached hydrogen (secondary N) is 1. The number of H-pyrrole nitrogens is 1. The molecule has 0 aliphatic carbocycles. The minimum absolute atomic E-state index is 0. The predicted molar refractivity (Wildman–Crippen MR) is 112 cm³/mol. The van der Waals surface area contributed by atoms with E-state index in [1.165, 1.54) is 16.5 Å². The summed E-state index contributed by atoms with van der Waals surface area (Å²) < 4.78 is 10.4. The number of thiol groups is 1. The van der Waals surface area contributed by atoms with E-state index in [-0.39, 0.29) is 46.2 Å². The van der Waals surface area contributed by atoms with Gasteiger partial charge in [-0.1, -0.05) is 24.6 Å². The van der Waals surface area contributed by atoms with Gasteiger partial charge in [-0.05, 0) is 25.0 Å². The van der Waals surface area contributed by atoms with Crippen LogP contribution < -0.4 is 5.73 Å². The molecule has 0 saturated heterocycles. The maximum Gasteiger partial charge on any atom is 0.0700 e. The quantitative estimate of drug-likeness (QED) is 0.288. The zero-order valence-corrected chi connectivity index (χ0v) is 20.0. The van der Waals surface area contributed by atoms with E-state index in [1.54, 1.807) is 0 Å². The van der Waals surface area contributed by atoms with Crippen LogP contribution in [-0.2, 0) is 48.6 Å². The molecule has 0 fully saturated rings. The maximum absolute atomic E-state index is 5.76. The van der Waals surface area contributed by atoms with E-state index in [1.807, 2.05) is 19.2 Å². The van der Waals surface area contributed by atoms with Crippen LogP contribution in [0.25, 0.3) is 10.9 Å². The first-order chi connectivity index (χ1) is 11.7. The topological polar surface area (TPSA) is 60.3 Å². The molecule has 0 aliphatic rings. The van der Waals surface area contributed by atoms with E-state index in [0.717, 1.165) is 31.6 Å². The summed E-state index contributed by atoms with van der Waals surface area (Å²) in [5, 5.41) is 1.29. The molecule has 3 N–H and O–H groups in total. The summed E-state index contributed by atoms with van der Waals surface area (Å²) in [5.74, 6) is 0.777. The third-order valence-corrected chi connectivity index (χ3v) is 3.55. The van der Waals surface area contributed by atoms with Crippen molar-refractivity contribution >= 4 is 23.5 Å². The monoisotopic (exact) mass is 455 g/mol. The van der Waals surface area contributed by atoms with Gasteiger partial charge >= 0.3 is 0 Å². The molecular weight excluding hydrogens is 421 g/mol. The summed E-state index contributed by atoms with van der Waals surface area (Å²) in [4.78, 5) is 3.24. The Balaban J connectivity index is 0. The van der Waals surface area contributed by atoms with Gasteiger partial charge in [-0.3, -0.25) is 0 Å². The fraction of sp³-hybridized carbons (Fsp3) is 0.500. The molecule has 4 nitrogen and oxygen atoms in total. The van der Waals surface area contributed by atoms with Gasteiger partial charge in [-0.2, -0.15) is 19.0 Å². The number of rotatable bonds is 10. The molecule has 2 aromatic rings. The molecule has 1 radical (unpaired) electrons. The van der Waals surface area contributed by atoms with Gasteiger partial charge in [0.15, 0.2) is 0 Å². The molecule has 1 aromatic carbocycles. The first-order valence-electron chi connectivity index (χ1n) is 8.55. The maximum atomic E-state index is 5.76. The van der Waals surface area contributed by atoms with Crippen molar-refractivity contribution in [1.82, 2.24) is 4.98 Å². The van der Waals surface area contributed by atoms with Crippen LogP contribution in [0.15, 0.2) is 30.5 Å². The number of aromatic amines is 1. The molecule has 0 aliphatic heterocycles. The van der Waals surface area contributed by atoms with E-state index >= 15 is 0 Å². The van der Waals surface area contributed by atoms with Crippen molar-refractivity contribution in [2.45, 2.75) is 32.2 Å². The molecule has 1 aromatic heterocycles. The number of hydrogen-bond donors (Lipinski definition) is 3. The molecule has 2 rings (SSSR count). The molecule has 0 spiro atoms. The fourth-order valence-electron chi connectivity index (χ4n) is 2.24. The summed E-state index contributed by atoms with van der Waals surface area (Å²) in [5.41, 5.74) is 8.26. The van der Waals surface area contributed by atoms with Crippen molar-refractivity contribution < 1.29 is 42.2 Å². The van der Waals surface area contributed by atoms with Crippen molar-refractivity contribution in [2.24, 2.45) is 5.73 Å². The Labute approximate surface area is 190 Å². The molecule has 1 atom stereocenters. The second-order valence-electron chi connectivity index (χ2n) is 5.70. The Morgan fingerprint density at radius 3 is 2.42 bits per heavy atom. The second-order valence-corrected chi connectivity index (χ2v) is 6.14. The average molecular weight is 455 g/mol. The van der Waals surface area contributed by atoms with E-state index in [9.17, 15) is 0 Å². The van der Waals surface area contributed by atoms with Crippen LogP contribution in [0.2, 0.25) is 0 Å². The number of aromatic nitrogens is 1. The molecule has 1 heterocycles. The summed E-state index contributed by atoms with van der Waals surface area (Å²) in [6, 6.07) is 8.53. The molecule has 1 unspecified atom stereocenters. The van der Waals surface area contributed by atoms with Gasteiger partial charge in [-0.25, -0.2) is 0 Å². The molecule has 26 heavy (non-hydrogen) atoms. The van der Waals surface area contributed by atoms with Gasteiger partial charge in [0.05, 0.1) is 19.8 Å². The molecule has 0 saturated carbocycles. The Morgan fingerprint density at radius 1 is 1.15 bits per heavy atom. The smallest absolute Gasteiger partial charge is 0.0700 e. The minimum atomic E-state index is 0. The van der Waals surface area contributed by atoms with Gasteiger partial charge in [0.1, 0.15) is 0 Å². The van der Waals surface area contributed by atoms with E-state index in [4.69, 9.17) is 15.2 Å². The molecule has 0 bridgehead atoms. The van der Waals surface area contributed by atoms with Gasteiger partial charge in [-0.15, -0.1) is 0 Å². The van der Waals surface area contributed by atoms with E-state index in [0.29, 0.717) is 19.8 Å². The van der Waals surface area contributed by atoms with Crippen LogP contribution >= 0.6 is 12.6 Å². The van der Waals surface area contributed by atoms with Crippen LogP contribution in [0.5, 0.6) is 0 Å². The first-order valence-corrected chi connectivity index (χ1v) is 9.18. The number of fused-ring (bicyclic) bond motifs is 1. The van der Waals surface area contributed by atoms with Crippen molar-refractivity contribution in [3.8, 4) is 0 Å². The SMILES string of the molecule is CC(N)Cc1c[nH]c2ccccc12.[CH2-]CCCOCCOCCS.[CH3-].[Y]. The number of unbranched alkanes of at least 4 members (excludes halogenated alkanes) is 1. The summed E-state index contributed by atoms with van der Waals surface area (Å²) in [6.45, 7) is 8.62. The van der Waals surface area contributed by atoms with Crippen molar-refractivity contribution in [2.75, 3.05) is 32.2 Å². The third kappa shape index (κ3) is 12.5. The van der Waals surface area contributed by atoms with Crippen LogP contribution in [0, 0.1) is 14.4 Å². The van der Waals surface area contributed by atoms with Gasteiger partial charge in [0.2, 0.25) is 0 Å². The number of ether oxygens (including phenoxy) is 2. The van der Waals surface area contributed by atoms with Gasteiger partial charge < -0.3 is 34.5 Å². The molecular formula is C20H34N2O2SY-2. The molecule has 0 amide bonds. The third-order valence-electron chi connectivity index (χ3n) is 3.36. The summed E-state index contributed by atoms with van der Waals surface area (Å²) >= 11 is 4.01. The van der Waals surface area contributed by atoms with Crippen molar-refractivity contribution in [1.29, 1.82) is 0 Å². The van der Waals surface area contributed by atoms with Crippen molar-refractivity contribution in [3.05, 3.63) is 50.4 Å². The van der Waals surface area contributed by atoms with Crippen LogP contribution in [-0.4, -0.2) is 43.2 Å². The van der Waals surface area contributed by atoms with Crippen molar-refractivity contribution in [3.63, 3.8) is 0 Å². The van der Waals surface area contributed by atoms with Crippen LogP contribution in [0.1, 0.15) is 25.3 Å². The largest absolute Gasteiger partial charge is 0.379 e. The van der Waals surface area contributed by atoms with Crippen LogP contribution in [0.4, 0.5) is 0 Å². The van der Waals surface area contributed by atoms with Crippen LogP contribution in [0.3, 0.4) is 0 Å². The predicted octanol–water partition coefficient (Wildman–Crippen LogP) is 4.07. The molecule has 6 heteroatoms. The van der Waals surface area contributed by atoms with Gasteiger partial charge in [0, 0.05) is 68.2 Å². The number of nitrogens with two attached hydrogens (primary N) is 1. The minimum Gasteiger partial charge on any atom is -0.379 e. The Bertz CT molecular complexity index is 541. The standard InChI is InChI=1S/C11H14N2.C8H17O2S.CH3.Y/c1-8(12)6-9-7-13-11-5-3-2-4-10(9)11;1-2-3-4-9-5-6-10-7-8-11;;/h2-5,7-8,13H,6,12H2,1H3;11H,1-8H2;1H3;/q;2*-1;. The van der Waals surface area contributed by atoms with E-state index < -0.39 is 0 Å². The average Bonchev–Trinajstić information content (AvgIpc) is 2.97. The Kier molecular flexibility index (Phi) is 20.1. The van der Waals surface area contributed by atoms with E-state index in [2.05, 4.69) is 42.7 Å². The number of benzene rings is 1. The summed E-state index contributed by atoms with van der Waals surface area (Å²) in [7, 11) is 0. The second kappa shape index (κ2) is 18.5. The zero-order chi connectivity index (χ0) is 17.6. The fourth-order valence-corrected chi connectivity index (χ4v) is 2.37. The normalized spacial score (nSPS) is 11.1. The van der Waals surface area contributed by atoms with Gasteiger partial charge in [0.25, 0.3) is 0 Å². The Morgan fingerprint density at radius 2 is 1.81 bits per heavy atom. The summed E-state index contributed by atoms with van der Waals surface area (Å²) in [6.07, 6.45) is 4.96. The zero-order valence-electron chi connectivity index (χ0n) is 16.2. The number of para-hydroxylation sites is 1. The first kappa shape index (κ1) is 28.3. The number of hydrogen-bond acceptors (Lipinski definition) is 4. The molecule has 147 valence electrons.